The van der Waals surface area contributed by atoms with Crippen molar-refractivity contribution in [2.75, 3.05) is 10.8 Å². The number of aromatic nitrogens is 1. The van der Waals surface area contributed by atoms with E-state index in [4.69, 9.17) is 39.3 Å². The summed E-state index contributed by atoms with van der Waals surface area (Å²) in [6, 6.07) is 15.2. The Morgan fingerprint density at radius 1 is 1.17 bits per heavy atom. The van der Waals surface area contributed by atoms with Gasteiger partial charge in [0.1, 0.15) is 17.0 Å². The number of nitrogens with zero attached hydrogens (tertiary/aromatic N) is 2. The maximum absolute atomic E-state index is 13.8. The molecule has 0 unspecified atom stereocenters. The highest BCUT2D eigenvalue weighted by Gasteiger charge is 2.27. The monoisotopic (exact) mass is 558 g/mol. The molecule has 0 aliphatic rings. The summed E-state index contributed by atoms with van der Waals surface area (Å²) in [7, 11) is 0. The van der Waals surface area contributed by atoms with Gasteiger partial charge in [0.2, 0.25) is 0 Å². The largest absolute Gasteiger partial charge is 0.361 e. The molecule has 0 saturated heterocycles. The minimum Gasteiger partial charge on any atom is -0.361 e. The zero-order valence-corrected chi connectivity index (χ0v) is 23.0. The van der Waals surface area contributed by atoms with Gasteiger partial charge in [0.15, 0.2) is 0 Å². The molecule has 0 spiro atoms. The van der Waals surface area contributed by atoms with Gasteiger partial charge in [0.05, 0.1) is 5.88 Å². The lowest BCUT2D eigenvalue weighted by Crippen LogP contribution is -2.31. The van der Waals surface area contributed by atoms with Crippen LogP contribution in [0.2, 0.25) is 5.02 Å². The first-order chi connectivity index (χ1) is 17.3. The SMILES string of the molecule is C#C.C=C(Cl)/C=C\C=C(\Cl)Cc1noc(C)c1C(=O)N(CSc1ccccc1C)c1cccc(Cl)c1. The van der Waals surface area contributed by atoms with Crippen molar-refractivity contribution in [3.8, 4) is 12.8 Å². The molecule has 0 radical (unpaired) electrons. The minimum absolute atomic E-state index is 0.230. The van der Waals surface area contributed by atoms with Crippen molar-refractivity contribution >= 4 is 58.2 Å². The molecular weight excluding hydrogens is 535 g/mol. The highest BCUT2D eigenvalue weighted by atomic mass is 35.5. The third-order valence-corrected chi connectivity index (χ3v) is 6.62. The molecule has 4 nitrogen and oxygen atoms in total. The summed E-state index contributed by atoms with van der Waals surface area (Å²) in [5, 5.41) is 5.50. The van der Waals surface area contributed by atoms with Gasteiger partial charge in [-0.15, -0.1) is 24.6 Å². The molecule has 8 heteroatoms. The summed E-state index contributed by atoms with van der Waals surface area (Å²) in [6.45, 7) is 7.34. The summed E-state index contributed by atoms with van der Waals surface area (Å²) in [4.78, 5) is 16.6. The first-order valence-electron chi connectivity index (χ1n) is 10.7. The molecular formula is C28H25Cl3N2O2S. The van der Waals surface area contributed by atoms with Crippen LogP contribution in [0, 0.1) is 26.7 Å². The van der Waals surface area contributed by atoms with Gasteiger partial charge in [-0.05, 0) is 55.8 Å². The van der Waals surface area contributed by atoms with E-state index in [1.807, 2.05) is 43.3 Å². The molecule has 0 N–H and O–H groups in total. The molecule has 0 bridgehead atoms. The minimum atomic E-state index is -0.244. The molecule has 1 amide bonds. The van der Waals surface area contributed by atoms with Crippen molar-refractivity contribution in [2.45, 2.75) is 25.2 Å². The van der Waals surface area contributed by atoms with E-state index in [1.165, 1.54) is 0 Å². The molecule has 2 aromatic carbocycles. The van der Waals surface area contributed by atoms with Crippen LogP contribution in [0.15, 0.2) is 92.8 Å². The van der Waals surface area contributed by atoms with Crippen molar-refractivity contribution in [3.63, 3.8) is 0 Å². The summed E-state index contributed by atoms with van der Waals surface area (Å²) >= 11 is 19.9. The van der Waals surface area contributed by atoms with Crippen LogP contribution in [-0.2, 0) is 6.42 Å². The molecule has 0 aliphatic heterocycles. The standard InChI is InChI=1S/C26H23Cl3N2O2S.C2H2/c1-17-8-4-5-13-24(17)34-16-31(22-12-7-11-20(28)14-22)26(32)25-19(3)33-30-23(25)15-21(29)10-6-9-18(2)27;1-2/h4-14H,2,15-16H2,1,3H3;1-2H/b9-6-,21-10+;. The second kappa shape index (κ2) is 14.6. The lowest BCUT2D eigenvalue weighted by Gasteiger charge is -2.23. The molecule has 0 aliphatic carbocycles. The third kappa shape index (κ3) is 8.36. The van der Waals surface area contributed by atoms with Gasteiger partial charge in [-0.25, -0.2) is 0 Å². The number of carbonyl (C=O) groups excluding carboxylic acids is 1. The maximum Gasteiger partial charge on any atom is 0.264 e. The van der Waals surface area contributed by atoms with Gasteiger partial charge in [0, 0.05) is 32.1 Å². The van der Waals surface area contributed by atoms with Crippen molar-refractivity contribution < 1.29 is 9.32 Å². The van der Waals surface area contributed by atoms with Gasteiger partial charge >= 0.3 is 0 Å². The molecule has 3 aromatic rings. The van der Waals surface area contributed by atoms with Crippen molar-refractivity contribution in [2.24, 2.45) is 0 Å². The third-order valence-electron chi connectivity index (χ3n) is 4.85. The molecule has 0 saturated carbocycles. The Morgan fingerprint density at radius 3 is 2.56 bits per heavy atom. The molecule has 3 rings (SSSR count). The van der Waals surface area contributed by atoms with Crippen LogP contribution in [-0.4, -0.2) is 16.9 Å². The number of hydrogen-bond donors (Lipinski definition) is 0. The van der Waals surface area contributed by atoms with Crippen LogP contribution in [0.25, 0.3) is 0 Å². The Balaban J connectivity index is 0.00000222. The zero-order valence-electron chi connectivity index (χ0n) is 19.9. The number of rotatable bonds is 9. The van der Waals surface area contributed by atoms with E-state index in [0.717, 1.165) is 10.5 Å². The highest BCUT2D eigenvalue weighted by Crippen LogP contribution is 2.30. The summed E-state index contributed by atoms with van der Waals surface area (Å²) < 4.78 is 5.38. The van der Waals surface area contributed by atoms with E-state index in [2.05, 4.69) is 24.6 Å². The topological polar surface area (TPSA) is 46.3 Å². The predicted molar refractivity (Wildman–Crippen MR) is 153 cm³/mol. The lowest BCUT2D eigenvalue weighted by atomic mass is 10.1. The number of thioether (sulfide) groups is 1. The van der Waals surface area contributed by atoms with Crippen LogP contribution in [0.5, 0.6) is 0 Å². The Hall–Kier alpha value is -2.88. The van der Waals surface area contributed by atoms with E-state index in [-0.39, 0.29) is 12.3 Å². The van der Waals surface area contributed by atoms with Gasteiger partial charge in [-0.3, -0.25) is 9.69 Å². The number of halogens is 3. The molecule has 1 heterocycles. The average Bonchev–Trinajstić information content (AvgIpc) is 3.20. The normalized spacial score (nSPS) is 11.1. The number of terminal acetylenes is 1. The Kier molecular flexibility index (Phi) is 11.9. The first-order valence-corrected chi connectivity index (χ1v) is 12.8. The predicted octanol–water partition coefficient (Wildman–Crippen LogP) is 8.56. The van der Waals surface area contributed by atoms with E-state index in [1.54, 1.807) is 53.9 Å². The van der Waals surface area contributed by atoms with Crippen LogP contribution in [0.3, 0.4) is 0 Å². The summed E-state index contributed by atoms with van der Waals surface area (Å²) in [6.07, 6.45) is 13.2. The van der Waals surface area contributed by atoms with Crippen molar-refractivity contribution in [1.82, 2.24) is 5.16 Å². The number of allylic oxidation sites excluding steroid dienone is 5. The Bertz CT molecular complexity index is 1290. The average molecular weight is 560 g/mol. The van der Waals surface area contributed by atoms with E-state index in [0.29, 0.717) is 43.7 Å². The van der Waals surface area contributed by atoms with Crippen LogP contribution in [0.4, 0.5) is 5.69 Å². The second-order valence-corrected chi connectivity index (χ2v) is 9.80. The number of aryl methyl sites for hydroxylation is 2. The fourth-order valence-corrected chi connectivity index (χ4v) is 4.63. The molecule has 1 aromatic heterocycles. The van der Waals surface area contributed by atoms with Gasteiger partial charge in [-0.2, -0.15) is 0 Å². The molecule has 186 valence electrons. The first kappa shape index (κ1) is 29.4. The second-order valence-electron chi connectivity index (χ2n) is 7.41. The van der Waals surface area contributed by atoms with E-state index in [9.17, 15) is 4.79 Å². The van der Waals surface area contributed by atoms with Gasteiger partial charge in [0.25, 0.3) is 5.91 Å². The summed E-state index contributed by atoms with van der Waals surface area (Å²) in [5.41, 5.74) is 2.64. The number of benzene rings is 2. The fraction of sp³-hybridized carbons (Fsp3) is 0.143. The lowest BCUT2D eigenvalue weighted by molar-refractivity contribution is 0.0989. The van der Waals surface area contributed by atoms with E-state index < -0.39 is 0 Å². The maximum atomic E-state index is 13.8. The number of carbonyl (C=O) groups is 1. The number of hydrogen-bond acceptors (Lipinski definition) is 4. The fourth-order valence-electron chi connectivity index (χ4n) is 3.17. The van der Waals surface area contributed by atoms with Crippen LogP contribution >= 0.6 is 46.6 Å². The number of amides is 1. The molecule has 0 atom stereocenters. The zero-order chi connectivity index (χ0) is 26.7. The smallest absolute Gasteiger partial charge is 0.264 e. The van der Waals surface area contributed by atoms with Crippen molar-refractivity contribution in [1.29, 1.82) is 0 Å². The van der Waals surface area contributed by atoms with E-state index >= 15 is 0 Å². The molecule has 0 fully saturated rings. The Morgan fingerprint density at radius 2 is 1.89 bits per heavy atom. The highest BCUT2D eigenvalue weighted by molar-refractivity contribution is 7.99. The van der Waals surface area contributed by atoms with Gasteiger partial charge < -0.3 is 4.52 Å². The van der Waals surface area contributed by atoms with Crippen molar-refractivity contribution in [3.05, 3.63) is 111 Å². The summed E-state index contributed by atoms with van der Waals surface area (Å²) in [5.74, 6) is 0.548. The number of anilines is 1. The Labute approximate surface area is 231 Å². The van der Waals surface area contributed by atoms with Crippen LogP contribution in [0.1, 0.15) is 27.4 Å². The molecule has 36 heavy (non-hydrogen) atoms. The van der Waals surface area contributed by atoms with Crippen LogP contribution < -0.4 is 4.90 Å². The quantitative estimate of drug-likeness (QED) is 0.114. The van der Waals surface area contributed by atoms with Gasteiger partial charge in [-0.1, -0.05) is 76.9 Å².